The quantitative estimate of drug-likeness (QED) is 0.326. The van der Waals surface area contributed by atoms with Gasteiger partial charge in [0.2, 0.25) is 11.8 Å². The Labute approximate surface area is 237 Å². The van der Waals surface area contributed by atoms with E-state index in [1.807, 2.05) is 24.3 Å². The van der Waals surface area contributed by atoms with E-state index in [1.54, 1.807) is 44.2 Å². The average molecular weight is 619 g/mol. The summed E-state index contributed by atoms with van der Waals surface area (Å²) in [5.74, 6) is -0.185. The molecule has 0 aliphatic heterocycles. The van der Waals surface area contributed by atoms with Gasteiger partial charge in [0.25, 0.3) is 10.0 Å². The first-order chi connectivity index (χ1) is 18.6. The number of carbonyl (C=O) groups excluding carboxylic acids is 2. The molecule has 3 rings (SSSR count). The highest BCUT2D eigenvalue weighted by Gasteiger charge is 2.32. The van der Waals surface area contributed by atoms with Crippen molar-refractivity contribution >= 4 is 43.5 Å². The molecule has 0 unspecified atom stereocenters. The number of hydrogen-bond acceptors (Lipinski definition) is 6. The number of ether oxygens (including phenoxy) is 2. The monoisotopic (exact) mass is 617 g/mol. The summed E-state index contributed by atoms with van der Waals surface area (Å²) in [5.41, 5.74) is 0.982. The lowest BCUT2D eigenvalue weighted by molar-refractivity contribution is -0.139. The minimum Gasteiger partial charge on any atom is -0.493 e. The molecule has 0 aliphatic rings. The fourth-order valence-electron chi connectivity index (χ4n) is 3.97. The maximum absolute atomic E-state index is 13.9. The Morgan fingerprint density at radius 3 is 2.26 bits per heavy atom. The molecule has 11 heteroatoms. The molecule has 0 fully saturated rings. The predicted octanol–water partition coefficient (Wildman–Crippen LogP) is 4.22. The summed E-state index contributed by atoms with van der Waals surface area (Å²) in [4.78, 5) is 28.1. The van der Waals surface area contributed by atoms with E-state index in [4.69, 9.17) is 9.47 Å². The van der Waals surface area contributed by atoms with Crippen molar-refractivity contribution in [3.63, 3.8) is 0 Å². The van der Waals surface area contributed by atoms with E-state index in [1.165, 1.54) is 37.3 Å². The maximum Gasteiger partial charge on any atom is 0.264 e. The molecular weight excluding hydrogens is 586 g/mol. The third-order valence-electron chi connectivity index (χ3n) is 6.03. The van der Waals surface area contributed by atoms with Crippen LogP contribution in [0.2, 0.25) is 0 Å². The minimum atomic E-state index is -4.18. The van der Waals surface area contributed by atoms with Gasteiger partial charge in [-0.3, -0.25) is 13.9 Å². The van der Waals surface area contributed by atoms with E-state index >= 15 is 0 Å². The zero-order chi connectivity index (χ0) is 28.6. The van der Waals surface area contributed by atoms with Gasteiger partial charge in [0.05, 0.1) is 24.8 Å². The molecule has 0 aromatic heterocycles. The van der Waals surface area contributed by atoms with Crippen molar-refractivity contribution in [2.75, 3.05) is 31.6 Å². The number of sulfonamides is 1. The molecule has 3 aromatic carbocycles. The number of anilines is 1. The fraction of sp³-hybridized carbons (Fsp3) is 0.286. The molecule has 208 valence electrons. The molecule has 0 bridgehead atoms. The molecule has 1 N–H and O–H groups in total. The SMILES string of the molecule is CCNC(=O)[C@H](C)N(Cc1cccc(Br)c1)C(=O)CN(c1ccc(OC)c(OC)c1)S(=O)(=O)c1ccccc1. The molecule has 0 saturated carbocycles. The summed E-state index contributed by atoms with van der Waals surface area (Å²) in [5, 5.41) is 2.74. The molecule has 0 saturated heterocycles. The molecule has 0 spiro atoms. The molecular formula is C28H32BrN3O6S. The van der Waals surface area contributed by atoms with Crippen LogP contribution in [0, 0.1) is 0 Å². The van der Waals surface area contributed by atoms with Gasteiger partial charge in [0.1, 0.15) is 12.6 Å². The van der Waals surface area contributed by atoms with Crippen LogP contribution >= 0.6 is 15.9 Å². The number of halogens is 1. The van der Waals surface area contributed by atoms with Crippen LogP contribution in [-0.2, 0) is 26.2 Å². The van der Waals surface area contributed by atoms with Crippen LogP contribution in [0.4, 0.5) is 5.69 Å². The number of nitrogens with one attached hydrogen (secondary N) is 1. The minimum absolute atomic E-state index is 0.0166. The Morgan fingerprint density at radius 2 is 1.64 bits per heavy atom. The zero-order valence-corrected chi connectivity index (χ0v) is 24.7. The van der Waals surface area contributed by atoms with Crippen LogP contribution in [0.5, 0.6) is 11.5 Å². The van der Waals surface area contributed by atoms with Crippen LogP contribution in [0.1, 0.15) is 19.4 Å². The highest BCUT2D eigenvalue weighted by molar-refractivity contribution is 9.10. The van der Waals surface area contributed by atoms with Crippen LogP contribution < -0.4 is 19.1 Å². The molecule has 0 aliphatic carbocycles. The van der Waals surface area contributed by atoms with Gasteiger partial charge in [-0.1, -0.05) is 46.3 Å². The van der Waals surface area contributed by atoms with E-state index in [0.717, 1.165) is 14.3 Å². The Hall–Kier alpha value is -3.57. The van der Waals surface area contributed by atoms with Crippen LogP contribution in [0.3, 0.4) is 0 Å². The van der Waals surface area contributed by atoms with Crippen molar-refractivity contribution in [2.24, 2.45) is 0 Å². The van der Waals surface area contributed by atoms with Gasteiger partial charge in [-0.25, -0.2) is 8.42 Å². The topological polar surface area (TPSA) is 105 Å². The number of rotatable bonds is 12. The standard InChI is InChI=1S/C28H32BrN3O6S/c1-5-30-28(34)20(2)31(18-21-10-9-11-22(29)16-21)27(33)19-32(39(35,36)24-12-7-6-8-13-24)23-14-15-25(37-3)26(17-23)38-4/h6-17,20H,5,18-19H2,1-4H3,(H,30,34)/t20-/m0/s1. The third-order valence-corrected chi connectivity index (χ3v) is 8.31. The summed E-state index contributed by atoms with van der Waals surface area (Å²) < 4.78 is 40.2. The molecule has 9 nitrogen and oxygen atoms in total. The third kappa shape index (κ3) is 7.30. The normalized spacial score (nSPS) is 11.8. The van der Waals surface area contributed by atoms with Crippen LogP contribution in [0.25, 0.3) is 0 Å². The molecule has 0 radical (unpaired) electrons. The lowest BCUT2D eigenvalue weighted by Crippen LogP contribution is -2.51. The highest BCUT2D eigenvalue weighted by atomic mass is 79.9. The second-order valence-electron chi connectivity index (χ2n) is 8.59. The predicted molar refractivity (Wildman–Crippen MR) is 153 cm³/mol. The number of hydrogen-bond donors (Lipinski definition) is 1. The maximum atomic E-state index is 13.9. The van der Waals surface area contributed by atoms with Gasteiger partial charge in [-0.2, -0.15) is 0 Å². The Kier molecular flexibility index (Phi) is 10.4. The van der Waals surface area contributed by atoms with Crippen LogP contribution in [0.15, 0.2) is 82.2 Å². The zero-order valence-electron chi connectivity index (χ0n) is 22.3. The van der Waals surface area contributed by atoms with Crippen molar-refractivity contribution in [3.8, 4) is 11.5 Å². The van der Waals surface area contributed by atoms with E-state index in [-0.39, 0.29) is 23.0 Å². The number of methoxy groups -OCH3 is 2. The van der Waals surface area contributed by atoms with Crippen molar-refractivity contribution < 1.29 is 27.5 Å². The van der Waals surface area contributed by atoms with Crippen molar-refractivity contribution in [1.82, 2.24) is 10.2 Å². The number of likely N-dealkylation sites (N-methyl/N-ethyl adjacent to an activating group) is 1. The van der Waals surface area contributed by atoms with E-state index in [9.17, 15) is 18.0 Å². The van der Waals surface area contributed by atoms with Gasteiger partial charge < -0.3 is 19.7 Å². The van der Waals surface area contributed by atoms with Gasteiger partial charge in [0, 0.05) is 23.6 Å². The van der Waals surface area contributed by atoms with Gasteiger partial charge in [0.15, 0.2) is 11.5 Å². The van der Waals surface area contributed by atoms with Gasteiger partial charge >= 0.3 is 0 Å². The van der Waals surface area contributed by atoms with E-state index < -0.39 is 28.5 Å². The lowest BCUT2D eigenvalue weighted by atomic mass is 10.1. The van der Waals surface area contributed by atoms with Crippen molar-refractivity contribution in [1.29, 1.82) is 0 Å². The molecule has 39 heavy (non-hydrogen) atoms. The van der Waals surface area contributed by atoms with Gasteiger partial charge in [-0.15, -0.1) is 0 Å². The summed E-state index contributed by atoms with van der Waals surface area (Å²) >= 11 is 3.44. The van der Waals surface area contributed by atoms with Crippen LogP contribution in [-0.4, -0.2) is 58.5 Å². The Morgan fingerprint density at radius 1 is 0.949 bits per heavy atom. The second-order valence-corrected chi connectivity index (χ2v) is 11.4. The smallest absolute Gasteiger partial charge is 0.264 e. The van der Waals surface area contributed by atoms with E-state index in [2.05, 4.69) is 21.2 Å². The number of amides is 2. The summed E-state index contributed by atoms with van der Waals surface area (Å²) in [6.07, 6.45) is 0. The Bertz CT molecular complexity index is 1400. The fourth-order valence-corrected chi connectivity index (χ4v) is 5.84. The molecule has 0 heterocycles. The largest absolute Gasteiger partial charge is 0.493 e. The lowest BCUT2D eigenvalue weighted by Gasteiger charge is -2.32. The highest BCUT2D eigenvalue weighted by Crippen LogP contribution is 2.34. The number of benzene rings is 3. The molecule has 3 aromatic rings. The van der Waals surface area contributed by atoms with Crippen molar-refractivity contribution in [3.05, 3.63) is 82.8 Å². The molecule has 2 amide bonds. The summed E-state index contributed by atoms with van der Waals surface area (Å²) in [6, 6.07) is 19.0. The van der Waals surface area contributed by atoms with Gasteiger partial charge in [-0.05, 0) is 55.8 Å². The number of nitrogens with zero attached hydrogens (tertiary/aromatic N) is 2. The summed E-state index contributed by atoms with van der Waals surface area (Å²) in [6.45, 7) is 3.35. The van der Waals surface area contributed by atoms with E-state index in [0.29, 0.717) is 18.0 Å². The van der Waals surface area contributed by atoms with Crippen molar-refractivity contribution in [2.45, 2.75) is 31.3 Å². The second kappa shape index (κ2) is 13.5. The first-order valence-electron chi connectivity index (χ1n) is 12.2. The average Bonchev–Trinajstić information content (AvgIpc) is 2.94. The number of carbonyl (C=O) groups is 2. The molecule has 1 atom stereocenters. The first kappa shape index (κ1) is 30.0. The Balaban J connectivity index is 2.08. The first-order valence-corrected chi connectivity index (χ1v) is 14.5. The summed E-state index contributed by atoms with van der Waals surface area (Å²) in [7, 11) is -1.27.